The van der Waals surface area contributed by atoms with Crippen LogP contribution in [-0.4, -0.2) is 26.0 Å². The maximum Gasteiger partial charge on any atom is 0.233 e. The molecule has 1 aliphatic carbocycles. The smallest absolute Gasteiger partial charge is 0.233 e. The molecule has 2 heterocycles. The van der Waals surface area contributed by atoms with Crippen molar-refractivity contribution in [1.82, 2.24) is 19.9 Å². The van der Waals surface area contributed by atoms with Gasteiger partial charge < -0.3 is 21.3 Å². The number of halogens is 1. The van der Waals surface area contributed by atoms with Crippen molar-refractivity contribution in [2.24, 2.45) is 0 Å². The zero-order valence-corrected chi connectivity index (χ0v) is 22.1. The molecule has 0 unspecified atom stereocenters. The van der Waals surface area contributed by atoms with Gasteiger partial charge in [-0.1, -0.05) is 49.1 Å². The van der Waals surface area contributed by atoms with E-state index >= 15 is 0 Å². The highest BCUT2D eigenvalue weighted by Crippen LogP contribution is 2.28. The Balaban J connectivity index is 1.20. The molecule has 3 aromatic carbocycles. The van der Waals surface area contributed by atoms with Crippen molar-refractivity contribution in [1.29, 1.82) is 0 Å². The summed E-state index contributed by atoms with van der Waals surface area (Å²) >= 11 is 6.13. The summed E-state index contributed by atoms with van der Waals surface area (Å²) < 4.78 is 0. The van der Waals surface area contributed by atoms with Crippen LogP contribution in [0.1, 0.15) is 32.1 Å². The Morgan fingerprint density at radius 2 is 1.28 bits per heavy atom. The number of hydrogen-bond acceptors (Lipinski definition) is 8. The Morgan fingerprint density at radius 1 is 0.641 bits per heavy atom. The molecule has 5 aromatic rings. The van der Waals surface area contributed by atoms with Crippen molar-refractivity contribution in [3.05, 3.63) is 90.1 Å². The Labute approximate surface area is 232 Å². The van der Waals surface area contributed by atoms with E-state index in [9.17, 15) is 0 Å². The molecule has 0 saturated heterocycles. The fraction of sp³-hybridized carbons (Fsp3) is 0.200. The molecule has 1 aliphatic rings. The van der Waals surface area contributed by atoms with Gasteiger partial charge in [0.15, 0.2) is 0 Å². The molecular formula is C30H29ClN8. The van der Waals surface area contributed by atoms with E-state index < -0.39 is 0 Å². The quantitative estimate of drug-likeness (QED) is 0.158. The largest absolute Gasteiger partial charge is 0.355 e. The molecule has 8 nitrogen and oxygen atoms in total. The number of nitrogens with one attached hydrogen (secondary N) is 4. The van der Waals surface area contributed by atoms with Crippen LogP contribution < -0.4 is 21.3 Å². The summed E-state index contributed by atoms with van der Waals surface area (Å²) in [6, 6.07) is 25.9. The van der Waals surface area contributed by atoms with Gasteiger partial charge in [-0.25, -0.2) is 0 Å². The van der Waals surface area contributed by atoms with E-state index in [2.05, 4.69) is 41.2 Å². The van der Waals surface area contributed by atoms with E-state index in [4.69, 9.17) is 11.6 Å². The van der Waals surface area contributed by atoms with Crippen LogP contribution in [0.15, 0.2) is 85.1 Å². The molecule has 39 heavy (non-hydrogen) atoms. The molecule has 0 spiro atoms. The first-order valence-electron chi connectivity index (χ1n) is 13.2. The predicted molar refractivity (Wildman–Crippen MR) is 160 cm³/mol. The summed E-state index contributed by atoms with van der Waals surface area (Å²) in [5, 5.41) is 15.3. The SMILES string of the molecule is Clc1ccc2c(Nc3ccc(Nc4nc(Nc5ccccc5)nc(NC5CCCCC5)n4)cc3)ccnc2c1. The van der Waals surface area contributed by atoms with Gasteiger partial charge in [0.05, 0.1) is 5.52 Å². The maximum atomic E-state index is 6.13. The van der Waals surface area contributed by atoms with E-state index in [1.54, 1.807) is 6.20 Å². The third kappa shape index (κ3) is 6.35. The summed E-state index contributed by atoms with van der Waals surface area (Å²) in [7, 11) is 0. The number of benzene rings is 3. The van der Waals surface area contributed by atoms with Crippen molar-refractivity contribution in [2.75, 3.05) is 21.3 Å². The monoisotopic (exact) mass is 536 g/mol. The van der Waals surface area contributed by atoms with Gasteiger partial charge in [0, 0.05) is 45.4 Å². The van der Waals surface area contributed by atoms with Gasteiger partial charge >= 0.3 is 0 Å². The van der Waals surface area contributed by atoms with Gasteiger partial charge in [-0.15, -0.1) is 0 Å². The summed E-state index contributed by atoms with van der Waals surface area (Å²) in [5.74, 6) is 1.53. The molecule has 1 saturated carbocycles. The summed E-state index contributed by atoms with van der Waals surface area (Å²) in [5.41, 5.74) is 4.54. The standard InChI is InChI=1S/C30H29ClN8/c31-20-11-16-25-26(17-18-32-27(25)19-20)33-23-12-14-24(15-13-23)36-30-38-28(34-21-7-3-1-4-8-21)37-29(39-30)35-22-9-5-2-6-10-22/h1,3-4,7-8,11-19,22H,2,5-6,9-10H2,(H,32,33)(H3,34,35,36,37,38,39). The molecule has 9 heteroatoms. The minimum Gasteiger partial charge on any atom is -0.355 e. The molecule has 196 valence electrons. The maximum absolute atomic E-state index is 6.13. The molecular weight excluding hydrogens is 508 g/mol. The number of rotatable bonds is 8. The van der Waals surface area contributed by atoms with E-state index in [-0.39, 0.29) is 0 Å². The number of para-hydroxylation sites is 1. The molecule has 6 rings (SSSR count). The van der Waals surface area contributed by atoms with Crippen LogP contribution >= 0.6 is 11.6 Å². The van der Waals surface area contributed by atoms with E-state index in [0.29, 0.717) is 28.9 Å². The number of anilines is 7. The normalized spacial score (nSPS) is 13.7. The fourth-order valence-electron chi connectivity index (χ4n) is 4.78. The lowest BCUT2D eigenvalue weighted by molar-refractivity contribution is 0.461. The van der Waals surface area contributed by atoms with Crippen LogP contribution in [0.4, 0.5) is 40.6 Å². The van der Waals surface area contributed by atoms with Gasteiger partial charge in [-0.2, -0.15) is 15.0 Å². The van der Waals surface area contributed by atoms with Crippen LogP contribution in [0.25, 0.3) is 10.9 Å². The molecule has 0 atom stereocenters. The average Bonchev–Trinajstić information content (AvgIpc) is 2.95. The highest BCUT2D eigenvalue weighted by molar-refractivity contribution is 6.31. The summed E-state index contributed by atoms with van der Waals surface area (Å²) in [4.78, 5) is 18.4. The predicted octanol–water partition coefficient (Wildman–Crippen LogP) is 8.05. The van der Waals surface area contributed by atoms with E-state index in [1.165, 1.54) is 19.3 Å². The second kappa shape index (κ2) is 11.5. The van der Waals surface area contributed by atoms with Crippen molar-refractivity contribution in [2.45, 2.75) is 38.1 Å². The molecule has 1 fully saturated rings. The molecule has 0 bridgehead atoms. The molecule has 4 N–H and O–H groups in total. The fourth-order valence-corrected chi connectivity index (χ4v) is 4.95. The lowest BCUT2D eigenvalue weighted by atomic mass is 9.96. The zero-order valence-electron chi connectivity index (χ0n) is 21.4. The van der Waals surface area contributed by atoms with Crippen molar-refractivity contribution >= 4 is 63.1 Å². The number of nitrogens with zero attached hydrogens (tertiary/aromatic N) is 4. The summed E-state index contributed by atoms with van der Waals surface area (Å²) in [6.07, 6.45) is 7.78. The molecule has 0 radical (unpaired) electrons. The Bertz CT molecular complexity index is 1550. The highest BCUT2D eigenvalue weighted by atomic mass is 35.5. The minimum absolute atomic E-state index is 0.379. The Hall–Kier alpha value is -4.43. The van der Waals surface area contributed by atoms with Gasteiger partial charge in [-0.05, 0) is 73.5 Å². The average molecular weight is 537 g/mol. The Morgan fingerprint density at radius 3 is 2.00 bits per heavy atom. The third-order valence-electron chi connectivity index (χ3n) is 6.73. The van der Waals surface area contributed by atoms with Gasteiger partial charge in [0.2, 0.25) is 17.8 Å². The van der Waals surface area contributed by atoms with Gasteiger partial charge in [0.25, 0.3) is 0 Å². The lowest BCUT2D eigenvalue weighted by Crippen LogP contribution is -2.24. The zero-order chi connectivity index (χ0) is 26.4. The number of hydrogen-bond donors (Lipinski definition) is 4. The van der Waals surface area contributed by atoms with Crippen molar-refractivity contribution in [3.63, 3.8) is 0 Å². The first kappa shape index (κ1) is 24.9. The lowest BCUT2D eigenvalue weighted by Gasteiger charge is -2.23. The van der Waals surface area contributed by atoms with E-state index in [1.807, 2.05) is 78.9 Å². The molecule has 0 amide bonds. The first-order chi connectivity index (χ1) is 19.2. The minimum atomic E-state index is 0.379. The summed E-state index contributed by atoms with van der Waals surface area (Å²) in [6.45, 7) is 0. The number of fused-ring (bicyclic) bond motifs is 1. The number of pyridine rings is 1. The van der Waals surface area contributed by atoms with E-state index in [0.717, 1.165) is 46.5 Å². The van der Waals surface area contributed by atoms with Gasteiger partial charge in [-0.3, -0.25) is 4.98 Å². The van der Waals surface area contributed by atoms with Crippen LogP contribution in [0.2, 0.25) is 5.02 Å². The van der Waals surface area contributed by atoms with Crippen LogP contribution in [-0.2, 0) is 0 Å². The highest BCUT2D eigenvalue weighted by Gasteiger charge is 2.16. The first-order valence-corrected chi connectivity index (χ1v) is 13.6. The topological polar surface area (TPSA) is 99.7 Å². The van der Waals surface area contributed by atoms with Gasteiger partial charge in [0.1, 0.15) is 0 Å². The van der Waals surface area contributed by atoms with Crippen molar-refractivity contribution in [3.8, 4) is 0 Å². The molecule has 2 aromatic heterocycles. The van der Waals surface area contributed by atoms with Crippen LogP contribution in [0.3, 0.4) is 0 Å². The number of aromatic nitrogens is 4. The van der Waals surface area contributed by atoms with Crippen molar-refractivity contribution < 1.29 is 0 Å². The second-order valence-corrected chi connectivity index (χ2v) is 10.1. The Kier molecular flexibility index (Phi) is 7.36. The van der Waals surface area contributed by atoms with Crippen LogP contribution in [0, 0.1) is 0 Å². The van der Waals surface area contributed by atoms with Crippen LogP contribution in [0.5, 0.6) is 0 Å². The molecule has 0 aliphatic heterocycles. The third-order valence-corrected chi connectivity index (χ3v) is 6.96. The second-order valence-electron chi connectivity index (χ2n) is 9.62.